The van der Waals surface area contributed by atoms with Gasteiger partial charge in [0.05, 0.1) is 158 Å². The summed E-state index contributed by atoms with van der Waals surface area (Å²) in [6.45, 7) is 5.56. The number of hydrogen-bond acceptors (Lipinski definition) is 24. The maximum Gasteiger partial charge on any atom is 0.407 e. The van der Waals surface area contributed by atoms with Gasteiger partial charge >= 0.3 is 24.0 Å². The number of carbonyl (C=O) groups excluding carboxylic acids is 8. The molecule has 35 nitrogen and oxygen atoms in total. The van der Waals surface area contributed by atoms with Crippen LogP contribution >= 0.6 is 34.8 Å². The quantitative estimate of drug-likeness (QED) is 0.0196. The van der Waals surface area contributed by atoms with Crippen LogP contribution in [0, 0.1) is 0 Å². The van der Waals surface area contributed by atoms with Gasteiger partial charge in [0, 0.05) is 104 Å². The minimum absolute atomic E-state index is 0.0575. The zero-order valence-corrected chi connectivity index (χ0v) is 68.2. The second-order valence-electron chi connectivity index (χ2n) is 26.0. The summed E-state index contributed by atoms with van der Waals surface area (Å²) in [6.07, 6.45) is 15.8. The lowest BCUT2D eigenvalue weighted by atomic mass is 10.1. The molecule has 0 spiro atoms. The van der Waals surface area contributed by atoms with Crippen LogP contribution in [0.5, 0.6) is 0 Å². The topological polar surface area (TPSA) is 465 Å². The average molecular weight is 1670 g/mol. The first-order valence-corrected chi connectivity index (χ1v) is 40.8. The molecule has 0 rings (SSSR count). The number of carboxylic acid groups (broad SMARTS) is 3. The summed E-state index contributed by atoms with van der Waals surface area (Å²) in [6, 6.07) is 0. The number of unbranched alkanes of at least 4 members (excludes halogenated alkanes) is 16. The predicted molar refractivity (Wildman–Crippen MR) is 415 cm³/mol. The van der Waals surface area contributed by atoms with Gasteiger partial charge in [-0.25, -0.2) is 4.79 Å². The maximum atomic E-state index is 13.8. The van der Waals surface area contributed by atoms with Gasteiger partial charge in [-0.3, -0.25) is 47.9 Å². The number of alkyl halides is 3. The van der Waals surface area contributed by atoms with Crippen molar-refractivity contribution in [3.63, 3.8) is 0 Å². The summed E-state index contributed by atoms with van der Waals surface area (Å²) < 4.78 is 71.4. The molecule has 0 bridgehead atoms. The molecule has 0 aliphatic rings. The van der Waals surface area contributed by atoms with Crippen molar-refractivity contribution < 1.29 is 130 Å². The lowest BCUT2D eigenvalue weighted by Crippen LogP contribution is -2.57. The Balaban J connectivity index is 5.39. The van der Waals surface area contributed by atoms with Crippen molar-refractivity contribution >= 4 is 100 Å². The van der Waals surface area contributed by atoms with Crippen LogP contribution in [0.3, 0.4) is 0 Å². The molecular weight excluding hydrogens is 1540 g/mol. The van der Waals surface area contributed by atoms with Gasteiger partial charge in [-0.15, -0.1) is 0 Å². The molecule has 652 valence electrons. The summed E-state index contributed by atoms with van der Waals surface area (Å²) in [4.78, 5) is 133. The van der Waals surface area contributed by atoms with Gasteiger partial charge in [0.2, 0.25) is 45.1 Å². The van der Waals surface area contributed by atoms with E-state index in [1.165, 1.54) is 0 Å². The third-order valence-corrected chi connectivity index (χ3v) is 16.3. The van der Waals surface area contributed by atoms with Crippen molar-refractivity contribution in [1.29, 1.82) is 0 Å². The molecule has 8 amide bonds. The maximum absolute atomic E-state index is 13.8. The standard InChI is InChI=1S/C74H133Cl3N8O27/c75-74(76,77)61-111-72(99)84-34-20-12-1-5-13-21-68(92)85-73(112-43-30-67(91)83-37-46-105-52-58-108-55-49-102-40-27-64(88)80-33-19-11-4-8-16-24-71(97)98,59-109-41-28-65(89)81-35-44-103-50-56-106-53-47-100-38-25-62(86)78-31-17-9-2-6-14-22-69(93)94)60-110-42-29-66(90)82-36-45-104-51-57-107-54-48-101-39-26-63(87)79-32-18-10-3-7-15-23-70(95)96/h1-61H2,(H,78,86)(H,79,87)(H,80,88)(H,81,89)(H,82,90)(H,83,91)(H,84,99)(H,85,92)(H,93,94)(H,95,96)(H,97,98). The molecule has 0 unspecified atom stereocenters. The number of rotatable bonds is 84. The van der Waals surface area contributed by atoms with Crippen LogP contribution in [0.1, 0.15) is 193 Å². The van der Waals surface area contributed by atoms with E-state index in [1.54, 1.807) is 0 Å². The highest BCUT2D eigenvalue weighted by atomic mass is 35.6. The minimum atomic E-state index is -1.74. The van der Waals surface area contributed by atoms with Gasteiger partial charge in [0.15, 0.2) is 5.72 Å². The minimum Gasteiger partial charge on any atom is -0.481 e. The fraction of sp³-hybridized carbons (Fsp3) is 0.851. The molecule has 0 aliphatic carbocycles. The molecule has 38 heteroatoms. The number of aliphatic carboxylic acids is 3. The van der Waals surface area contributed by atoms with Gasteiger partial charge in [0.1, 0.15) is 6.61 Å². The van der Waals surface area contributed by atoms with E-state index in [0.29, 0.717) is 91.1 Å². The van der Waals surface area contributed by atoms with Gasteiger partial charge in [-0.05, 0) is 51.4 Å². The normalized spacial score (nSPS) is 11.4. The first-order chi connectivity index (χ1) is 54.1. The highest BCUT2D eigenvalue weighted by Crippen LogP contribution is 2.26. The zero-order chi connectivity index (χ0) is 82.3. The largest absolute Gasteiger partial charge is 0.481 e. The summed E-state index contributed by atoms with van der Waals surface area (Å²) in [5.74, 6) is -4.23. The number of carboxylic acids is 3. The van der Waals surface area contributed by atoms with Crippen molar-refractivity contribution in [2.45, 2.75) is 202 Å². The molecule has 0 saturated heterocycles. The Labute approximate surface area is 675 Å². The predicted octanol–water partition coefficient (Wildman–Crippen LogP) is 5.75. The number of halogens is 3. The molecule has 0 aromatic carbocycles. The van der Waals surface area contributed by atoms with Crippen LogP contribution in [-0.4, -0.2) is 295 Å². The second kappa shape index (κ2) is 77.9. The summed E-state index contributed by atoms with van der Waals surface area (Å²) >= 11 is 16.9. The van der Waals surface area contributed by atoms with E-state index < -0.39 is 51.9 Å². The summed E-state index contributed by atoms with van der Waals surface area (Å²) in [7, 11) is 0. The lowest BCUT2D eigenvalue weighted by Gasteiger charge is -2.34. The molecule has 11 N–H and O–H groups in total. The first-order valence-electron chi connectivity index (χ1n) is 39.6. The third-order valence-electron chi connectivity index (χ3n) is 15.9. The highest BCUT2D eigenvalue weighted by molar-refractivity contribution is 6.67. The van der Waals surface area contributed by atoms with E-state index in [0.717, 1.165) is 89.9 Å². The van der Waals surface area contributed by atoms with Gasteiger partial charge in [0.25, 0.3) is 0 Å². The molecule has 0 heterocycles. The number of hydrogen-bond donors (Lipinski definition) is 11. The van der Waals surface area contributed by atoms with Crippen LogP contribution in [0.4, 0.5) is 4.79 Å². The summed E-state index contributed by atoms with van der Waals surface area (Å²) in [5.41, 5.74) is -1.71. The van der Waals surface area contributed by atoms with E-state index in [4.69, 9.17) is 112 Å². The van der Waals surface area contributed by atoms with Crippen molar-refractivity contribution in [2.24, 2.45) is 0 Å². The van der Waals surface area contributed by atoms with Gasteiger partial charge < -0.3 is 119 Å². The third kappa shape index (κ3) is 80.9. The molecule has 0 fully saturated rings. The van der Waals surface area contributed by atoms with Crippen molar-refractivity contribution in [3.05, 3.63) is 0 Å². The van der Waals surface area contributed by atoms with Crippen molar-refractivity contribution in [3.8, 4) is 0 Å². The van der Waals surface area contributed by atoms with Crippen molar-refractivity contribution in [2.75, 3.05) is 204 Å². The number of amides is 8. The van der Waals surface area contributed by atoms with E-state index in [9.17, 15) is 52.7 Å². The Hall–Kier alpha value is -5.64. The molecule has 0 aromatic heterocycles. The van der Waals surface area contributed by atoms with Crippen LogP contribution in [0.15, 0.2) is 0 Å². The van der Waals surface area contributed by atoms with Crippen LogP contribution in [0.25, 0.3) is 0 Å². The second-order valence-corrected chi connectivity index (χ2v) is 28.5. The van der Waals surface area contributed by atoms with E-state index >= 15 is 0 Å². The van der Waals surface area contributed by atoms with Crippen molar-refractivity contribution in [1.82, 2.24) is 42.5 Å². The lowest BCUT2D eigenvalue weighted by molar-refractivity contribution is -0.168. The van der Waals surface area contributed by atoms with E-state index in [1.807, 2.05) is 0 Å². The Morgan fingerprint density at radius 1 is 0.232 bits per heavy atom. The van der Waals surface area contributed by atoms with E-state index in [2.05, 4.69) is 42.5 Å². The molecule has 0 atom stereocenters. The Morgan fingerprint density at radius 3 is 0.777 bits per heavy atom. The molecule has 0 saturated carbocycles. The Morgan fingerprint density at radius 2 is 0.473 bits per heavy atom. The summed E-state index contributed by atoms with van der Waals surface area (Å²) in [5, 5.41) is 48.5. The fourth-order valence-electron chi connectivity index (χ4n) is 9.94. The number of nitrogens with one attached hydrogen (secondary N) is 8. The molecule has 0 radical (unpaired) electrons. The zero-order valence-electron chi connectivity index (χ0n) is 65.9. The van der Waals surface area contributed by atoms with Crippen LogP contribution in [0.2, 0.25) is 0 Å². The fourth-order valence-corrected chi connectivity index (χ4v) is 10.1. The Kier molecular flexibility index (Phi) is 74.0. The van der Waals surface area contributed by atoms with Gasteiger partial charge in [-0.1, -0.05) is 112 Å². The molecule has 112 heavy (non-hydrogen) atoms. The smallest absolute Gasteiger partial charge is 0.407 e. The number of carbonyl (C=O) groups is 11. The first kappa shape index (κ1) is 106. The average Bonchev–Trinajstić information content (AvgIpc) is 0.853. The molecule has 0 aromatic rings. The number of ether oxygens (including phenoxy) is 13. The van der Waals surface area contributed by atoms with Crippen LogP contribution in [-0.2, 0) is 110 Å². The monoisotopic (exact) mass is 1670 g/mol. The van der Waals surface area contributed by atoms with Gasteiger partial charge in [-0.2, -0.15) is 0 Å². The Bertz CT molecular complexity index is 2350. The number of alkyl carbamates (subject to hydrolysis) is 1. The molecule has 0 aliphatic heterocycles. The SMILES string of the molecule is O=C(O)CCCCCCCNC(=O)CCOCCOCCOCCNC(=O)CCOCC(COCCC(=O)NCCOCCOCCOCCC(=O)NCCCCCCCC(=O)O)(NC(=O)CCCCCCCNC(=O)OCC(Cl)(Cl)Cl)OCCC(=O)NCCOCCOCCOCCC(=O)NCCCCCCCC(=O)O. The molecular formula is C74H133Cl3N8O27. The van der Waals surface area contributed by atoms with Crippen LogP contribution < -0.4 is 42.5 Å². The highest BCUT2D eigenvalue weighted by Gasteiger charge is 2.35. The van der Waals surface area contributed by atoms with E-state index in [-0.39, 0.29) is 239 Å².